The first-order chi connectivity index (χ1) is 13.5. The zero-order chi connectivity index (χ0) is 19.7. The molecule has 3 aromatic rings. The molecule has 6 heteroatoms. The average molecular weight is 379 g/mol. The molecule has 0 aliphatic carbocycles. The normalized spacial score (nSPS) is 16.9. The summed E-state index contributed by atoms with van der Waals surface area (Å²) in [7, 11) is 0. The first-order valence-corrected chi connectivity index (χ1v) is 9.49. The number of hydrogen-bond acceptors (Lipinski definition) is 4. The first kappa shape index (κ1) is 18.3. The van der Waals surface area contributed by atoms with Gasteiger partial charge < -0.3 is 9.42 Å². The largest absolute Gasteiger partial charge is 0.337 e. The highest BCUT2D eigenvalue weighted by molar-refractivity contribution is 5.78. The fraction of sp³-hybridized carbons (Fsp3) is 0.318. The molecular formula is C22H22FN3O2. The van der Waals surface area contributed by atoms with Crippen LogP contribution >= 0.6 is 0 Å². The Morgan fingerprint density at radius 3 is 2.71 bits per heavy atom. The van der Waals surface area contributed by atoms with Crippen LogP contribution in [0.15, 0.2) is 53.1 Å². The van der Waals surface area contributed by atoms with Crippen molar-refractivity contribution in [3.05, 3.63) is 71.4 Å². The molecule has 1 unspecified atom stereocenters. The van der Waals surface area contributed by atoms with Gasteiger partial charge >= 0.3 is 0 Å². The summed E-state index contributed by atoms with van der Waals surface area (Å²) in [6.45, 7) is 4.61. The Labute approximate surface area is 163 Å². The van der Waals surface area contributed by atoms with Crippen LogP contribution < -0.4 is 0 Å². The van der Waals surface area contributed by atoms with E-state index in [1.54, 1.807) is 17.0 Å². The Hall–Kier alpha value is -3.02. The van der Waals surface area contributed by atoms with Gasteiger partial charge in [0.25, 0.3) is 0 Å². The minimum atomic E-state index is -0.314. The predicted octanol–water partition coefficient (Wildman–Crippen LogP) is 4.86. The van der Waals surface area contributed by atoms with Crippen LogP contribution in [-0.4, -0.2) is 20.9 Å². The van der Waals surface area contributed by atoms with Crippen LogP contribution in [0.2, 0.25) is 0 Å². The summed E-state index contributed by atoms with van der Waals surface area (Å²) < 4.78 is 19.0. The van der Waals surface area contributed by atoms with E-state index in [0.29, 0.717) is 37.0 Å². The number of rotatable bonds is 5. The van der Waals surface area contributed by atoms with Gasteiger partial charge in [0.1, 0.15) is 11.9 Å². The van der Waals surface area contributed by atoms with Gasteiger partial charge in [-0.15, -0.1) is 0 Å². The number of carbonyl (C=O) groups is 1. The van der Waals surface area contributed by atoms with Crippen LogP contribution in [0.25, 0.3) is 11.4 Å². The van der Waals surface area contributed by atoms with Gasteiger partial charge in [0.05, 0.1) is 0 Å². The molecule has 0 bridgehead atoms. The van der Waals surface area contributed by atoms with Crippen molar-refractivity contribution >= 4 is 5.91 Å². The van der Waals surface area contributed by atoms with Crippen LogP contribution in [0, 0.1) is 5.82 Å². The van der Waals surface area contributed by atoms with E-state index in [9.17, 15) is 9.18 Å². The lowest BCUT2D eigenvalue weighted by molar-refractivity contribution is -0.130. The van der Waals surface area contributed by atoms with Crippen LogP contribution in [-0.2, 0) is 11.3 Å². The average Bonchev–Trinajstić information content (AvgIpc) is 3.30. The number of aromatic nitrogens is 2. The summed E-state index contributed by atoms with van der Waals surface area (Å²) in [6.07, 6.45) is 1.03. The van der Waals surface area contributed by atoms with Crippen molar-refractivity contribution in [2.75, 3.05) is 0 Å². The molecule has 1 atom stereocenters. The molecule has 1 saturated heterocycles. The van der Waals surface area contributed by atoms with Crippen molar-refractivity contribution in [3.8, 4) is 11.4 Å². The first-order valence-electron chi connectivity index (χ1n) is 9.49. The maximum Gasteiger partial charge on any atom is 0.249 e. The van der Waals surface area contributed by atoms with Crippen molar-refractivity contribution in [3.63, 3.8) is 0 Å². The number of carbonyl (C=O) groups excluding carboxylic acids is 1. The molecule has 28 heavy (non-hydrogen) atoms. The van der Waals surface area contributed by atoms with Crippen molar-refractivity contribution < 1.29 is 13.7 Å². The molecule has 4 rings (SSSR count). The van der Waals surface area contributed by atoms with Gasteiger partial charge in [0.15, 0.2) is 0 Å². The smallest absolute Gasteiger partial charge is 0.249 e. The molecule has 0 radical (unpaired) electrons. The van der Waals surface area contributed by atoms with E-state index in [0.717, 1.165) is 11.1 Å². The summed E-state index contributed by atoms with van der Waals surface area (Å²) in [5, 5.41) is 4.10. The molecule has 1 aromatic heterocycles. The minimum absolute atomic E-state index is 0.00953. The van der Waals surface area contributed by atoms with Crippen LogP contribution in [0.4, 0.5) is 4.39 Å². The lowest BCUT2D eigenvalue weighted by atomic mass is 10.0. The van der Waals surface area contributed by atoms with Crippen LogP contribution in [0.3, 0.4) is 0 Å². The van der Waals surface area contributed by atoms with E-state index in [2.05, 4.69) is 36.1 Å². The molecule has 2 heterocycles. The molecule has 144 valence electrons. The molecule has 0 N–H and O–H groups in total. The van der Waals surface area contributed by atoms with E-state index >= 15 is 0 Å². The van der Waals surface area contributed by atoms with Crippen molar-refractivity contribution in [2.45, 2.75) is 45.2 Å². The third-order valence-corrected chi connectivity index (χ3v) is 5.13. The van der Waals surface area contributed by atoms with Gasteiger partial charge in [0.2, 0.25) is 17.6 Å². The summed E-state index contributed by atoms with van der Waals surface area (Å²) >= 11 is 0. The summed E-state index contributed by atoms with van der Waals surface area (Å²) in [5.74, 6) is 1.08. The number of benzene rings is 2. The quantitative estimate of drug-likeness (QED) is 0.635. The Balaban J connectivity index is 1.55. The van der Waals surface area contributed by atoms with Crippen LogP contribution in [0.5, 0.6) is 0 Å². The fourth-order valence-corrected chi connectivity index (χ4v) is 3.53. The van der Waals surface area contributed by atoms with Crippen molar-refractivity contribution in [2.24, 2.45) is 0 Å². The fourth-order valence-electron chi connectivity index (χ4n) is 3.53. The number of likely N-dealkylation sites (tertiary alicyclic amines) is 1. The second kappa shape index (κ2) is 7.54. The lowest BCUT2D eigenvalue weighted by Gasteiger charge is -2.22. The highest BCUT2D eigenvalue weighted by Gasteiger charge is 2.36. The zero-order valence-electron chi connectivity index (χ0n) is 15.9. The lowest BCUT2D eigenvalue weighted by Crippen LogP contribution is -2.27. The Bertz CT molecular complexity index is 981. The van der Waals surface area contributed by atoms with Crippen LogP contribution in [0.1, 0.15) is 55.7 Å². The summed E-state index contributed by atoms with van der Waals surface area (Å²) in [6, 6.07) is 14.1. The van der Waals surface area contributed by atoms with Gasteiger partial charge in [0, 0.05) is 18.5 Å². The topological polar surface area (TPSA) is 59.2 Å². The van der Waals surface area contributed by atoms with E-state index in [1.165, 1.54) is 17.7 Å². The number of hydrogen-bond donors (Lipinski definition) is 0. The number of amides is 1. The molecule has 0 saturated carbocycles. The zero-order valence-corrected chi connectivity index (χ0v) is 15.9. The maximum atomic E-state index is 13.5. The molecule has 1 aliphatic rings. The Kier molecular flexibility index (Phi) is 4.94. The maximum absolute atomic E-state index is 13.5. The highest BCUT2D eigenvalue weighted by atomic mass is 19.1. The Morgan fingerprint density at radius 2 is 2.00 bits per heavy atom. The molecule has 2 aromatic carbocycles. The third-order valence-electron chi connectivity index (χ3n) is 5.13. The second-order valence-electron chi connectivity index (χ2n) is 7.44. The van der Waals surface area contributed by atoms with Gasteiger partial charge in [-0.25, -0.2) is 4.39 Å². The Morgan fingerprint density at radius 1 is 1.21 bits per heavy atom. The van der Waals surface area contributed by atoms with Crippen molar-refractivity contribution in [1.82, 2.24) is 15.0 Å². The predicted molar refractivity (Wildman–Crippen MR) is 103 cm³/mol. The molecule has 0 spiro atoms. The van der Waals surface area contributed by atoms with E-state index in [1.807, 2.05) is 12.1 Å². The van der Waals surface area contributed by atoms with E-state index < -0.39 is 0 Å². The van der Waals surface area contributed by atoms with Crippen molar-refractivity contribution in [1.29, 1.82) is 0 Å². The summed E-state index contributed by atoms with van der Waals surface area (Å²) in [4.78, 5) is 18.6. The monoisotopic (exact) mass is 379 g/mol. The van der Waals surface area contributed by atoms with E-state index in [4.69, 9.17) is 4.52 Å². The number of halogens is 1. The van der Waals surface area contributed by atoms with Gasteiger partial charge in [-0.05, 0) is 35.6 Å². The molecule has 5 nitrogen and oxygen atoms in total. The van der Waals surface area contributed by atoms with Gasteiger partial charge in [-0.1, -0.05) is 55.4 Å². The summed E-state index contributed by atoms with van der Waals surface area (Å²) in [5.41, 5.74) is 2.86. The third kappa shape index (κ3) is 3.67. The SMILES string of the molecule is CC(C)c1ccc(-c2noc(C3CCC(=O)N3Cc3cccc(F)c3)n2)cc1. The standard InChI is InChI=1S/C22H22FN3O2/c1-14(2)16-6-8-17(9-7-16)21-24-22(28-25-21)19-10-11-20(27)26(19)13-15-4-3-5-18(23)12-15/h3-9,12,14,19H,10-11,13H2,1-2H3. The van der Waals surface area contributed by atoms with Gasteiger partial charge in [-0.3, -0.25) is 4.79 Å². The highest BCUT2D eigenvalue weighted by Crippen LogP contribution is 2.34. The van der Waals surface area contributed by atoms with Gasteiger partial charge in [-0.2, -0.15) is 4.98 Å². The second-order valence-corrected chi connectivity index (χ2v) is 7.44. The van der Waals surface area contributed by atoms with E-state index in [-0.39, 0.29) is 17.8 Å². The number of nitrogens with zero attached hydrogens (tertiary/aromatic N) is 3. The molecule has 1 aliphatic heterocycles. The minimum Gasteiger partial charge on any atom is -0.337 e. The molecular weight excluding hydrogens is 357 g/mol. The molecule has 1 fully saturated rings. The molecule has 1 amide bonds.